The summed E-state index contributed by atoms with van der Waals surface area (Å²) in [6.45, 7) is 4.99. The molecule has 1 amide bonds. The highest BCUT2D eigenvalue weighted by Crippen LogP contribution is 2.22. The fourth-order valence-corrected chi connectivity index (χ4v) is 2.13. The molecular formula is C18H21N3O4. The lowest BCUT2D eigenvalue weighted by Gasteiger charge is -2.09. The van der Waals surface area contributed by atoms with E-state index >= 15 is 0 Å². The maximum absolute atomic E-state index is 11.8. The molecule has 2 rings (SSSR count). The van der Waals surface area contributed by atoms with E-state index in [1.54, 1.807) is 6.92 Å². The predicted octanol–water partition coefficient (Wildman–Crippen LogP) is 1.73. The number of hydrogen-bond acceptors (Lipinski definition) is 6. The number of ether oxygens (including phenoxy) is 1. The molecule has 0 unspecified atom stereocenters. The van der Waals surface area contributed by atoms with Gasteiger partial charge in [0.15, 0.2) is 6.61 Å². The summed E-state index contributed by atoms with van der Waals surface area (Å²) in [7, 11) is 0. The lowest BCUT2D eigenvalue weighted by atomic mass is 10.1. The van der Waals surface area contributed by atoms with Crippen molar-refractivity contribution in [3.05, 3.63) is 52.3 Å². The van der Waals surface area contributed by atoms with Crippen molar-refractivity contribution < 1.29 is 19.7 Å². The van der Waals surface area contributed by atoms with Crippen LogP contribution < -0.4 is 10.2 Å². The number of aromatic nitrogens is 1. The zero-order chi connectivity index (χ0) is 18.4. The minimum absolute atomic E-state index is 0.0869. The average Bonchev–Trinajstić information content (AvgIpc) is 2.59. The van der Waals surface area contributed by atoms with Gasteiger partial charge in [-0.2, -0.15) is 5.10 Å². The van der Waals surface area contributed by atoms with Gasteiger partial charge in [-0.25, -0.2) is 5.43 Å². The molecule has 1 aromatic heterocycles. The monoisotopic (exact) mass is 343 g/mol. The molecule has 1 heterocycles. The SMILES string of the molecule is Cc1ccc(C)c(OCC(=O)NN=Cc2c(CO)cnc(C)c2O)c1. The predicted molar refractivity (Wildman–Crippen MR) is 93.7 cm³/mol. The number of benzene rings is 1. The van der Waals surface area contributed by atoms with Crippen molar-refractivity contribution in [3.8, 4) is 11.5 Å². The Morgan fingerprint density at radius 1 is 1.36 bits per heavy atom. The number of aliphatic hydroxyl groups excluding tert-OH is 1. The first-order valence-electron chi connectivity index (χ1n) is 7.72. The van der Waals surface area contributed by atoms with Crippen molar-refractivity contribution in [1.29, 1.82) is 0 Å². The van der Waals surface area contributed by atoms with Crippen molar-refractivity contribution >= 4 is 12.1 Å². The third-order valence-electron chi connectivity index (χ3n) is 3.61. The minimum Gasteiger partial charge on any atom is -0.505 e. The second-order valence-electron chi connectivity index (χ2n) is 5.64. The maximum Gasteiger partial charge on any atom is 0.277 e. The second-order valence-corrected chi connectivity index (χ2v) is 5.64. The first kappa shape index (κ1) is 18.4. The standard InChI is InChI=1S/C18H21N3O4/c1-11-4-5-12(2)16(6-11)25-10-17(23)21-20-8-15-14(9-22)7-19-13(3)18(15)24/h4-8,22,24H,9-10H2,1-3H3,(H,21,23). The average molecular weight is 343 g/mol. The number of amides is 1. The number of carbonyl (C=O) groups excluding carboxylic acids is 1. The topological polar surface area (TPSA) is 104 Å². The molecule has 0 saturated heterocycles. The normalized spacial score (nSPS) is 10.9. The number of hydrazone groups is 1. The van der Waals surface area contributed by atoms with E-state index in [-0.39, 0.29) is 19.0 Å². The zero-order valence-corrected chi connectivity index (χ0v) is 14.4. The number of pyridine rings is 1. The molecule has 7 nitrogen and oxygen atoms in total. The Morgan fingerprint density at radius 3 is 2.84 bits per heavy atom. The molecule has 2 aromatic rings. The fraction of sp³-hybridized carbons (Fsp3) is 0.278. The van der Waals surface area contributed by atoms with Crippen LogP contribution in [-0.4, -0.2) is 33.9 Å². The van der Waals surface area contributed by atoms with Crippen LogP contribution in [0.25, 0.3) is 0 Å². The maximum atomic E-state index is 11.8. The van der Waals surface area contributed by atoms with Crippen molar-refractivity contribution in [2.24, 2.45) is 5.10 Å². The van der Waals surface area contributed by atoms with Gasteiger partial charge >= 0.3 is 0 Å². The van der Waals surface area contributed by atoms with E-state index in [0.29, 0.717) is 22.6 Å². The van der Waals surface area contributed by atoms with E-state index in [0.717, 1.165) is 11.1 Å². The lowest BCUT2D eigenvalue weighted by molar-refractivity contribution is -0.123. The number of nitrogens with zero attached hydrogens (tertiary/aromatic N) is 2. The smallest absolute Gasteiger partial charge is 0.277 e. The molecular weight excluding hydrogens is 322 g/mol. The van der Waals surface area contributed by atoms with Gasteiger partial charge in [-0.05, 0) is 38.0 Å². The number of nitrogens with one attached hydrogen (secondary N) is 1. The first-order chi connectivity index (χ1) is 11.9. The van der Waals surface area contributed by atoms with Gasteiger partial charge < -0.3 is 14.9 Å². The molecule has 0 fully saturated rings. The molecule has 0 aliphatic carbocycles. The van der Waals surface area contributed by atoms with E-state index < -0.39 is 5.91 Å². The second kappa shape index (κ2) is 8.25. The summed E-state index contributed by atoms with van der Waals surface area (Å²) in [6, 6.07) is 5.75. The molecule has 3 N–H and O–H groups in total. The Hall–Kier alpha value is -2.93. The summed E-state index contributed by atoms with van der Waals surface area (Å²) in [5.41, 5.74) is 5.43. The van der Waals surface area contributed by atoms with Gasteiger partial charge in [0, 0.05) is 17.3 Å². The van der Waals surface area contributed by atoms with Crippen LogP contribution in [0, 0.1) is 20.8 Å². The van der Waals surface area contributed by atoms with Gasteiger partial charge in [0.25, 0.3) is 5.91 Å². The summed E-state index contributed by atoms with van der Waals surface area (Å²) in [5, 5.41) is 23.1. The van der Waals surface area contributed by atoms with E-state index in [2.05, 4.69) is 15.5 Å². The van der Waals surface area contributed by atoms with Crippen LogP contribution in [0.3, 0.4) is 0 Å². The molecule has 0 bridgehead atoms. The Bertz CT molecular complexity index is 803. The highest BCUT2D eigenvalue weighted by atomic mass is 16.5. The first-order valence-corrected chi connectivity index (χ1v) is 7.72. The van der Waals surface area contributed by atoms with E-state index in [9.17, 15) is 15.0 Å². The summed E-state index contributed by atoms with van der Waals surface area (Å²) in [5.74, 6) is 0.119. The van der Waals surface area contributed by atoms with Gasteiger partial charge in [-0.1, -0.05) is 12.1 Å². The zero-order valence-electron chi connectivity index (χ0n) is 14.4. The molecule has 0 atom stereocenters. The van der Waals surface area contributed by atoms with Crippen LogP contribution in [0.5, 0.6) is 11.5 Å². The molecule has 25 heavy (non-hydrogen) atoms. The number of aromatic hydroxyl groups is 1. The summed E-state index contributed by atoms with van der Waals surface area (Å²) in [6.07, 6.45) is 2.72. The van der Waals surface area contributed by atoms with Gasteiger partial charge in [-0.3, -0.25) is 9.78 Å². The molecule has 1 aromatic carbocycles. The van der Waals surface area contributed by atoms with Gasteiger partial charge in [0.05, 0.1) is 18.5 Å². The molecule has 0 saturated carbocycles. The number of aliphatic hydroxyl groups is 1. The lowest BCUT2D eigenvalue weighted by Crippen LogP contribution is -2.24. The number of carbonyl (C=O) groups is 1. The quantitative estimate of drug-likeness (QED) is 0.547. The van der Waals surface area contributed by atoms with Crippen LogP contribution in [-0.2, 0) is 11.4 Å². The Morgan fingerprint density at radius 2 is 2.12 bits per heavy atom. The van der Waals surface area contributed by atoms with E-state index in [4.69, 9.17) is 4.74 Å². The molecule has 0 aliphatic heterocycles. The highest BCUT2D eigenvalue weighted by molar-refractivity contribution is 5.87. The van der Waals surface area contributed by atoms with E-state index in [1.807, 2.05) is 32.0 Å². The summed E-state index contributed by atoms with van der Waals surface area (Å²) in [4.78, 5) is 15.8. The van der Waals surface area contributed by atoms with Crippen LogP contribution in [0.2, 0.25) is 0 Å². The molecule has 0 aliphatic rings. The highest BCUT2D eigenvalue weighted by Gasteiger charge is 2.10. The Balaban J connectivity index is 1.97. The van der Waals surface area contributed by atoms with Gasteiger partial charge in [-0.15, -0.1) is 0 Å². The van der Waals surface area contributed by atoms with Gasteiger partial charge in [0.2, 0.25) is 0 Å². The van der Waals surface area contributed by atoms with Gasteiger partial charge in [0.1, 0.15) is 11.5 Å². The third kappa shape index (κ3) is 4.77. The minimum atomic E-state index is -0.437. The Labute approximate surface area is 146 Å². The van der Waals surface area contributed by atoms with E-state index in [1.165, 1.54) is 12.4 Å². The molecule has 0 radical (unpaired) electrons. The van der Waals surface area contributed by atoms with Crippen molar-refractivity contribution in [3.63, 3.8) is 0 Å². The van der Waals surface area contributed by atoms with Crippen molar-refractivity contribution in [2.45, 2.75) is 27.4 Å². The summed E-state index contributed by atoms with van der Waals surface area (Å²) >= 11 is 0. The van der Waals surface area contributed by atoms with Crippen LogP contribution >= 0.6 is 0 Å². The molecule has 132 valence electrons. The molecule has 7 heteroatoms. The largest absolute Gasteiger partial charge is 0.505 e. The number of rotatable bonds is 6. The fourth-order valence-electron chi connectivity index (χ4n) is 2.13. The van der Waals surface area contributed by atoms with Crippen LogP contribution in [0.1, 0.15) is 27.9 Å². The Kier molecular flexibility index (Phi) is 6.08. The number of hydrogen-bond donors (Lipinski definition) is 3. The van der Waals surface area contributed by atoms with Crippen LogP contribution in [0.15, 0.2) is 29.5 Å². The molecule has 0 spiro atoms. The third-order valence-corrected chi connectivity index (χ3v) is 3.61. The van der Waals surface area contributed by atoms with Crippen molar-refractivity contribution in [1.82, 2.24) is 10.4 Å². The van der Waals surface area contributed by atoms with Crippen molar-refractivity contribution in [2.75, 3.05) is 6.61 Å². The number of aryl methyl sites for hydroxylation is 3. The summed E-state index contributed by atoms with van der Waals surface area (Å²) < 4.78 is 5.48. The van der Waals surface area contributed by atoms with Crippen LogP contribution in [0.4, 0.5) is 0 Å².